The highest BCUT2D eigenvalue weighted by Crippen LogP contribution is 2.27. The Morgan fingerprint density at radius 1 is 1.22 bits per heavy atom. The van der Waals surface area contributed by atoms with Crippen LogP contribution in [0.1, 0.15) is 25.8 Å². The standard InChI is InChI=1S/C21H23BrN2O3/c1-14(2)27-19-6-4-3-5-15(19)12-23-21(26)16-11-20(25)24(13-16)18-9-7-17(22)8-10-18/h3-10,14,16H,11-13H2,1-2H3,(H,23,26)/t16-/m0/s1. The van der Waals surface area contributed by atoms with Gasteiger partial charge in [0.2, 0.25) is 11.8 Å². The molecule has 1 fully saturated rings. The monoisotopic (exact) mass is 430 g/mol. The van der Waals surface area contributed by atoms with Crippen LogP contribution in [0.3, 0.4) is 0 Å². The number of hydrogen-bond acceptors (Lipinski definition) is 3. The molecule has 1 saturated heterocycles. The molecule has 0 radical (unpaired) electrons. The Morgan fingerprint density at radius 2 is 1.93 bits per heavy atom. The molecule has 0 spiro atoms. The Morgan fingerprint density at radius 3 is 2.63 bits per heavy atom. The van der Waals surface area contributed by atoms with Crippen LogP contribution in [0.25, 0.3) is 0 Å². The summed E-state index contributed by atoms with van der Waals surface area (Å²) in [5.74, 6) is 0.287. The fraction of sp³-hybridized carbons (Fsp3) is 0.333. The van der Waals surface area contributed by atoms with Crippen LogP contribution < -0.4 is 15.0 Å². The summed E-state index contributed by atoms with van der Waals surface area (Å²) in [6.07, 6.45) is 0.292. The summed E-state index contributed by atoms with van der Waals surface area (Å²) in [5, 5.41) is 2.95. The molecule has 142 valence electrons. The normalized spacial score (nSPS) is 16.7. The van der Waals surface area contributed by atoms with Gasteiger partial charge >= 0.3 is 0 Å². The number of halogens is 1. The summed E-state index contributed by atoms with van der Waals surface area (Å²) in [6.45, 7) is 4.72. The summed E-state index contributed by atoms with van der Waals surface area (Å²) in [7, 11) is 0. The second-order valence-corrected chi connectivity index (χ2v) is 7.79. The zero-order valence-corrected chi connectivity index (χ0v) is 17.0. The fourth-order valence-corrected chi connectivity index (χ4v) is 3.36. The van der Waals surface area contributed by atoms with Crippen LogP contribution in [0.4, 0.5) is 5.69 Å². The molecule has 0 bridgehead atoms. The lowest BCUT2D eigenvalue weighted by Crippen LogP contribution is -2.32. The van der Waals surface area contributed by atoms with E-state index in [1.807, 2.05) is 62.4 Å². The van der Waals surface area contributed by atoms with Gasteiger partial charge in [-0.25, -0.2) is 0 Å². The van der Waals surface area contributed by atoms with Gasteiger partial charge in [-0.3, -0.25) is 9.59 Å². The first-order chi connectivity index (χ1) is 12.9. The molecule has 0 aromatic heterocycles. The SMILES string of the molecule is CC(C)Oc1ccccc1CNC(=O)[C@H]1CC(=O)N(c2ccc(Br)cc2)C1. The maximum Gasteiger partial charge on any atom is 0.227 e. The molecule has 2 aromatic rings. The van der Waals surface area contributed by atoms with Crippen LogP contribution in [0.15, 0.2) is 53.0 Å². The van der Waals surface area contributed by atoms with Crippen LogP contribution in [-0.4, -0.2) is 24.5 Å². The highest BCUT2D eigenvalue weighted by atomic mass is 79.9. The van der Waals surface area contributed by atoms with Crippen molar-refractivity contribution in [3.8, 4) is 5.75 Å². The van der Waals surface area contributed by atoms with Crippen molar-refractivity contribution >= 4 is 33.4 Å². The van der Waals surface area contributed by atoms with Gasteiger partial charge in [-0.1, -0.05) is 34.1 Å². The van der Waals surface area contributed by atoms with Crippen LogP contribution in [0, 0.1) is 5.92 Å². The predicted octanol–water partition coefficient (Wildman–Crippen LogP) is 3.91. The summed E-state index contributed by atoms with van der Waals surface area (Å²) >= 11 is 3.39. The number of ether oxygens (including phenoxy) is 1. The number of amides is 2. The Hall–Kier alpha value is -2.34. The maximum absolute atomic E-state index is 12.6. The minimum atomic E-state index is -0.348. The second kappa shape index (κ2) is 8.57. The number of nitrogens with zero attached hydrogens (tertiary/aromatic N) is 1. The van der Waals surface area contributed by atoms with Crippen molar-refractivity contribution in [2.45, 2.75) is 32.9 Å². The number of hydrogen-bond donors (Lipinski definition) is 1. The minimum Gasteiger partial charge on any atom is -0.491 e. The van der Waals surface area contributed by atoms with Crippen molar-refractivity contribution in [2.24, 2.45) is 5.92 Å². The molecule has 0 unspecified atom stereocenters. The van der Waals surface area contributed by atoms with Gasteiger partial charge in [-0.15, -0.1) is 0 Å². The van der Waals surface area contributed by atoms with Crippen LogP contribution in [0.5, 0.6) is 5.75 Å². The average Bonchev–Trinajstić information content (AvgIpc) is 3.03. The van der Waals surface area contributed by atoms with E-state index in [9.17, 15) is 9.59 Å². The Labute approximate surface area is 167 Å². The number of carbonyl (C=O) groups excluding carboxylic acids is 2. The van der Waals surface area contributed by atoms with Gasteiger partial charge in [0.1, 0.15) is 5.75 Å². The maximum atomic E-state index is 12.6. The first kappa shape index (κ1) is 19.4. The minimum absolute atomic E-state index is 0.0268. The number of nitrogens with one attached hydrogen (secondary N) is 1. The third-order valence-electron chi connectivity index (χ3n) is 4.42. The van der Waals surface area contributed by atoms with Gasteiger partial charge < -0.3 is 15.0 Å². The van der Waals surface area contributed by atoms with Crippen molar-refractivity contribution in [3.05, 3.63) is 58.6 Å². The first-order valence-corrected chi connectivity index (χ1v) is 9.81. The van der Waals surface area contributed by atoms with Crippen LogP contribution >= 0.6 is 15.9 Å². The van der Waals surface area contributed by atoms with Gasteiger partial charge in [0, 0.05) is 35.2 Å². The van der Waals surface area contributed by atoms with E-state index in [1.54, 1.807) is 4.90 Å². The van der Waals surface area contributed by atoms with E-state index in [4.69, 9.17) is 4.74 Å². The largest absolute Gasteiger partial charge is 0.491 e. The lowest BCUT2D eigenvalue weighted by Gasteiger charge is -2.17. The quantitative estimate of drug-likeness (QED) is 0.755. The molecule has 0 saturated carbocycles. The number of para-hydroxylation sites is 1. The van der Waals surface area contributed by atoms with Gasteiger partial charge in [0.25, 0.3) is 0 Å². The molecule has 0 aliphatic carbocycles. The summed E-state index contributed by atoms with van der Waals surface area (Å²) < 4.78 is 6.74. The molecule has 1 atom stereocenters. The van der Waals surface area contributed by atoms with E-state index in [0.717, 1.165) is 21.5 Å². The van der Waals surface area contributed by atoms with E-state index in [0.29, 0.717) is 13.1 Å². The first-order valence-electron chi connectivity index (χ1n) is 9.02. The smallest absolute Gasteiger partial charge is 0.227 e. The van der Waals surface area contributed by atoms with E-state index < -0.39 is 0 Å². The third kappa shape index (κ3) is 4.89. The molecule has 3 rings (SSSR count). The van der Waals surface area contributed by atoms with Crippen molar-refractivity contribution < 1.29 is 14.3 Å². The lowest BCUT2D eigenvalue weighted by atomic mass is 10.1. The van der Waals surface area contributed by atoms with E-state index in [1.165, 1.54) is 0 Å². The number of benzene rings is 2. The van der Waals surface area contributed by atoms with Gasteiger partial charge in [-0.05, 0) is 44.2 Å². The van der Waals surface area contributed by atoms with Crippen molar-refractivity contribution in [3.63, 3.8) is 0 Å². The molecular formula is C21H23BrN2O3. The fourth-order valence-electron chi connectivity index (χ4n) is 3.10. The highest BCUT2D eigenvalue weighted by Gasteiger charge is 2.35. The molecule has 1 aliphatic heterocycles. The molecule has 2 aromatic carbocycles. The second-order valence-electron chi connectivity index (χ2n) is 6.87. The van der Waals surface area contributed by atoms with Crippen molar-refractivity contribution in [2.75, 3.05) is 11.4 Å². The molecule has 1 N–H and O–H groups in total. The van der Waals surface area contributed by atoms with E-state index in [2.05, 4.69) is 21.2 Å². The van der Waals surface area contributed by atoms with Gasteiger partial charge in [-0.2, -0.15) is 0 Å². The highest BCUT2D eigenvalue weighted by molar-refractivity contribution is 9.10. The molecule has 27 heavy (non-hydrogen) atoms. The predicted molar refractivity (Wildman–Crippen MR) is 109 cm³/mol. The number of anilines is 1. The molecule has 6 heteroatoms. The zero-order valence-electron chi connectivity index (χ0n) is 15.4. The van der Waals surface area contributed by atoms with E-state index >= 15 is 0 Å². The third-order valence-corrected chi connectivity index (χ3v) is 4.95. The Balaban J connectivity index is 1.61. The lowest BCUT2D eigenvalue weighted by molar-refractivity contribution is -0.126. The molecule has 1 heterocycles. The Kier molecular flexibility index (Phi) is 6.16. The van der Waals surface area contributed by atoms with Gasteiger partial charge in [0.15, 0.2) is 0 Å². The van der Waals surface area contributed by atoms with Gasteiger partial charge in [0.05, 0.1) is 12.0 Å². The Bertz CT molecular complexity index is 820. The zero-order chi connectivity index (χ0) is 19.4. The molecule has 5 nitrogen and oxygen atoms in total. The van der Waals surface area contributed by atoms with Crippen molar-refractivity contribution in [1.29, 1.82) is 0 Å². The van der Waals surface area contributed by atoms with E-state index in [-0.39, 0.29) is 30.3 Å². The average molecular weight is 431 g/mol. The number of carbonyl (C=O) groups is 2. The van der Waals surface area contributed by atoms with Crippen LogP contribution in [-0.2, 0) is 16.1 Å². The molecular weight excluding hydrogens is 408 g/mol. The number of rotatable bonds is 6. The summed E-state index contributed by atoms with van der Waals surface area (Å²) in [4.78, 5) is 26.6. The topological polar surface area (TPSA) is 58.6 Å². The summed E-state index contributed by atoms with van der Waals surface area (Å²) in [5.41, 5.74) is 1.74. The van der Waals surface area contributed by atoms with Crippen molar-refractivity contribution in [1.82, 2.24) is 5.32 Å². The summed E-state index contributed by atoms with van der Waals surface area (Å²) in [6, 6.07) is 15.2. The molecule has 1 aliphatic rings. The molecule has 2 amide bonds. The van der Waals surface area contributed by atoms with Crippen LogP contribution in [0.2, 0.25) is 0 Å².